The van der Waals surface area contributed by atoms with Gasteiger partial charge in [0.25, 0.3) is 5.91 Å². The van der Waals surface area contributed by atoms with Crippen molar-refractivity contribution in [3.63, 3.8) is 0 Å². The Balaban J connectivity index is 1.75. The topological polar surface area (TPSA) is 73.9 Å². The second-order valence-electron chi connectivity index (χ2n) is 4.34. The molecule has 18 heavy (non-hydrogen) atoms. The minimum absolute atomic E-state index is 0.359. The molecule has 0 radical (unpaired) electrons. The summed E-state index contributed by atoms with van der Waals surface area (Å²) in [5.74, 6) is -0.493. The monoisotopic (exact) mass is 248 g/mol. The fourth-order valence-electron chi connectivity index (χ4n) is 1.75. The molecule has 1 aliphatic rings. The molecule has 2 rings (SSSR count). The molecule has 1 aromatic carbocycles. The molecule has 5 heteroatoms. The summed E-state index contributed by atoms with van der Waals surface area (Å²) >= 11 is 0. The number of hydrogen-bond acceptors (Lipinski definition) is 4. The van der Waals surface area contributed by atoms with Crippen molar-refractivity contribution < 1.29 is 14.4 Å². The number of carbonyl (C=O) groups is 1. The summed E-state index contributed by atoms with van der Waals surface area (Å²) in [4.78, 5) is 15.7. The van der Waals surface area contributed by atoms with E-state index in [9.17, 15) is 4.79 Å². The molecule has 0 fully saturated rings. The Hall–Kier alpha value is -1.88. The zero-order valence-corrected chi connectivity index (χ0v) is 10.3. The molecule has 1 aromatic rings. The van der Waals surface area contributed by atoms with Gasteiger partial charge in [0.2, 0.25) is 6.10 Å². The van der Waals surface area contributed by atoms with Crippen LogP contribution in [0.3, 0.4) is 0 Å². The quantitative estimate of drug-likeness (QED) is 0.849. The van der Waals surface area contributed by atoms with Crippen LogP contribution in [0.5, 0.6) is 0 Å². The highest BCUT2D eigenvalue weighted by molar-refractivity contribution is 5.92. The first-order chi connectivity index (χ1) is 8.65. The molecular weight excluding hydrogens is 232 g/mol. The van der Waals surface area contributed by atoms with Crippen molar-refractivity contribution in [3.05, 3.63) is 35.4 Å². The molecule has 1 unspecified atom stereocenters. The third-order valence-corrected chi connectivity index (χ3v) is 2.67. The van der Waals surface area contributed by atoms with Crippen LogP contribution in [0.15, 0.2) is 29.4 Å². The van der Waals surface area contributed by atoms with Gasteiger partial charge in [-0.05, 0) is 12.5 Å². The smallest absolute Gasteiger partial charge is 0.261 e. The van der Waals surface area contributed by atoms with Gasteiger partial charge in [0.05, 0.1) is 18.9 Å². The molecule has 0 saturated heterocycles. The second-order valence-corrected chi connectivity index (χ2v) is 4.34. The molecule has 5 nitrogen and oxygen atoms in total. The maximum Gasteiger partial charge on any atom is 0.261 e. The number of oxime groups is 1. The molecule has 96 valence electrons. The Morgan fingerprint density at radius 3 is 3.06 bits per heavy atom. The summed E-state index contributed by atoms with van der Waals surface area (Å²) in [6, 6.07) is 8.11. The number of primary amides is 1. The van der Waals surface area contributed by atoms with Crippen LogP contribution in [0, 0.1) is 6.92 Å². The van der Waals surface area contributed by atoms with E-state index >= 15 is 0 Å². The van der Waals surface area contributed by atoms with E-state index in [2.05, 4.69) is 11.2 Å². The van der Waals surface area contributed by atoms with Gasteiger partial charge >= 0.3 is 0 Å². The number of rotatable bonds is 5. The van der Waals surface area contributed by atoms with Crippen LogP contribution in [0.1, 0.15) is 17.5 Å². The average molecular weight is 248 g/mol. The zero-order valence-electron chi connectivity index (χ0n) is 10.3. The predicted octanol–water partition coefficient (Wildman–Crippen LogP) is 1.14. The largest absolute Gasteiger partial charge is 0.382 e. The van der Waals surface area contributed by atoms with Crippen LogP contribution >= 0.6 is 0 Å². The fourth-order valence-corrected chi connectivity index (χ4v) is 1.75. The maximum absolute atomic E-state index is 10.9. The van der Waals surface area contributed by atoms with Gasteiger partial charge in [-0.3, -0.25) is 4.79 Å². The van der Waals surface area contributed by atoms with Crippen LogP contribution in [0.25, 0.3) is 0 Å². The molecular formula is C13H16N2O3. The zero-order chi connectivity index (χ0) is 13.0. The Morgan fingerprint density at radius 2 is 2.39 bits per heavy atom. The molecule has 1 amide bonds. The molecule has 1 aliphatic heterocycles. The molecule has 0 aromatic heterocycles. The lowest BCUT2D eigenvalue weighted by Crippen LogP contribution is -2.28. The van der Waals surface area contributed by atoms with Gasteiger partial charge in [-0.15, -0.1) is 0 Å². The molecule has 0 bridgehead atoms. The van der Waals surface area contributed by atoms with E-state index in [0.29, 0.717) is 25.3 Å². The molecule has 2 N–H and O–H groups in total. The van der Waals surface area contributed by atoms with Gasteiger partial charge in [0, 0.05) is 6.42 Å². The molecule has 0 aliphatic carbocycles. The van der Waals surface area contributed by atoms with E-state index in [1.165, 1.54) is 5.56 Å². The van der Waals surface area contributed by atoms with Crippen LogP contribution in [-0.4, -0.2) is 24.3 Å². The molecule has 0 spiro atoms. The van der Waals surface area contributed by atoms with Crippen LogP contribution in [0.4, 0.5) is 0 Å². The Morgan fingerprint density at radius 1 is 1.56 bits per heavy atom. The summed E-state index contributed by atoms with van der Waals surface area (Å²) in [7, 11) is 0. The van der Waals surface area contributed by atoms with Gasteiger partial charge in [-0.1, -0.05) is 35.0 Å². The van der Waals surface area contributed by atoms with E-state index < -0.39 is 12.0 Å². The molecule has 1 atom stereocenters. The first kappa shape index (κ1) is 12.6. The minimum atomic E-state index is -0.637. The number of aryl methyl sites for hydroxylation is 1. The SMILES string of the molecule is Cc1cccc(COCC2=NOC(C(N)=O)C2)c1. The van der Waals surface area contributed by atoms with Crippen molar-refractivity contribution >= 4 is 11.6 Å². The highest BCUT2D eigenvalue weighted by Crippen LogP contribution is 2.11. The predicted molar refractivity (Wildman–Crippen MR) is 67.0 cm³/mol. The Kier molecular flexibility index (Phi) is 3.94. The number of hydrogen-bond donors (Lipinski definition) is 1. The van der Waals surface area contributed by atoms with Crippen molar-refractivity contribution in [2.45, 2.75) is 26.1 Å². The average Bonchev–Trinajstić information content (AvgIpc) is 2.78. The normalized spacial score (nSPS) is 18.3. The van der Waals surface area contributed by atoms with Crippen molar-refractivity contribution in [1.82, 2.24) is 0 Å². The van der Waals surface area contributed by atoms with Crippen molar-refractivity contribution in [2.24, 2.45) is 10.9 Å². The highest BCUT2D eigenvalue weighted by atomic mass is 16.6. The van der Waals surface area contributed by atoms with Crippen LogP contribution in [-0.2, 0) is 21.0 Å². The number of benzene rings is 1. The summed E-state index contributed by atoms with van der Waals surface area (Å²) in [5.41, 5.74) is 8.14. The van der Waals surface area contributed by atoms with Gasteiger partial charge in [0.15, 0.2) is 0 Å². The van der Waals surface area contributed by atoms with Crippen molar-refractivity contribution in [1.29, 1.82) is 0 Å². The van der Waals surface area contributed by atoms with E-state index in [1.54, 1.807) is 0 Å². The summed E-state index contributed by atoms with van der Waals surface area (Å²) in [6.07, 6.45) is -0.217. The molecule has 1 heterocycles. The van der Waals surface area contributed by atoms with Gasteiger partial charge < -0.3 is 15.3 Å². The van der Waals surface area contributed by atoms with Gasteiger partial charge in [-0.2, -0.15) is 0 Å². The van der Waals surface area contributed by atoms with Crippen LogP contribution in [0.2, 0.25) is 0 Å². The third-order valence-electron chi connectivity index (χ3n) is 2.67. The van der Waals surface area contributed by atoms with Crippen LogP contribution < -0.4 is 5.73 Å². The standard InChI is InChI=1S/C13H16N2O3/c1-9-3-2-4-10(5-9)7-17-8-11-6-12(13(14)16)18-15-11/h2-5,12H,6-8H2,1H3,(H2,14,16). The molecule has 0 saturated carbocycles. The Labute approximate surface area is 106 Å². The number of ether oxygens (including phenoxy) is 1. The first-order valence-electron chi connectivity index (χ1n) is 5.79. The lowest BCUT2D eigenvalue weighted by Gasteiger charge is -2.04. The van der Waals surface area contributed by atoms with E-state index in [1.807, 2.05) is 25.1 Å². The van der Waals surface area contributed by atoms with E-state index in [-0.39, 0.29) is 0 Å². The van der Waals surface area contributed by atoms with E-state index in [0.717, 1.165) is 5.56 Å². The Bertz CT molecular complexity index is 471. The number of carbonyl (C=O) groups excluding carboxylic acids is 1. The number of nitrogens with two attached hydrogens (primary N) is 1. The summed E-state index contributed by atoms with van der Waals surface area (Å²) in [5, 5.41) is 3.78. The number of amides is 1. The lowest BCUT2D eigenvalue weighted by molar-refractivity contribution is -0.127. The van der Waals surface area contributed by atoms with Crippen molar-refractivity contribution in [2.75, 3.05) is 6.61 Å². The maximum atomic E-state index is 10.9. The minimum Gasteiger partial charge on any atom is -0.382 e. The van der Waals surface area contributed by atoms with Gasteiger partial charge in [-0.25, -0.2) is 0 Å². The highest BCUT2D eigenvalue weighted by Gasteiger charge is 2.25. The van der Waals surface area contributed by atoms with E-state index in [4.69, 9.17) is 15.3 Å². The number of nitrogens with zero attached hydrogens (tertiary/aromatic N) is 1. The first-order valence-corrected chi connectivity index (χ1v) is 5.79. The fraction of sp³-hybridized carbons (Fsp3) is 0.385. The lowest BCUT2D eigenvalue weighted by atomic mass is 10.1. The summed E-state index contributed by atoms with van der Waals surface area (Å²) in [6.45, 7) is 2.91. The summed E-state index contributed by atoms with van der Waals surface area (Å²) < 4.78 is 5.52. The second kappa shape index (κ2) is 5.64. The third kappa shape index (κ3) is 3.30. The van der Waals surface area contributed by atoms with Gasteiger partial charge in [0.1, 0.15) is 0 Å². The van der Waals surface area contributed by atoms with Crippen molar-refractivity contribution in [3.8, 4) is 0 Å².